The van der Waals surface area contributed by atoms with Crippen molar-refractivity contribution in [1.29, 1.82) is 0 Å². The van der Waals surface area contributed by atoms with Crippen LogP contribution < -0.4 is 5.32 Å². The third kappa shape index (κ3) is 2.65. The molecule has 0 fully saturated rings. The Balaban J connectivity index is 1.76. The Labute approximate surface area is 144 Å². The fourth-order valence-electron chi connectivity index (χ4n) is 3.24. The zero-order chi connectivity index (χ0) is 16.5. The van der Waals surface area contributed by atoms with Crippen molar-refractivity contribution in [1.82, 2.24) is 9.97 Å². The molecule has 1 N–H and O–H groups in total. The molecule has 24 heavy (non-hydrogen) atoms. The average molecular weight is 335 g/mol. The Kier molecular flexibility index (Phi) is 3.94. The van der Waals surface area contributed by atoms with Gasteiger partial charge in [-0.1, -0.05) is 18.2 Å². The molecule has 120 valence electrons. The SMILES string of the molecule is CSc1ccc(NC(=O)c2c3c(nc4ccccc24)CCC3)cn1. The highest BCUT2D eigenvalue weighted by atomic mass is 32.2. The maximum atomic E-state index is 13.0. The lowest BCUT2D eigenvalue weighted by Crippen LogP contribution is -2.16. The second-order valence-electron chi connectivity index (χ2n) is 5.83. The second kappa shape index (κ2) is 6.24. The number of fused-ring (bicyclic) bond motifs is 2. The molecular formula is C19H17N3OS. The Hall–Kier alpha value is -2.40. The summed E-state index contributed by atoms with van der Waals surface area (Å²) in [5.74, 6) is -0.0783. The van der Waals surface area contributed by atoms with Gasteiger partial charge < -0.3 is 5.32 Å². The number of rotatable bonds is 3. The summed E-state index contributed by atoms with van der Waals surface area (Å²) in [5.41, 5.74) is 4.53. The summed E-state index contributed by atoms with van der Waals surface area (Å²) in [5, 5.41) is 4.85. The quantitative estimate of drug-likeness (QED) is 0.732. The van der Waals surface area contributed by atoms with Crippen LogP contribution in [0, 0.1) is 0 Å². The third-order valence-electron chi connectivity index (χ3n) is 4.35. The molecule has 0 spiro atoms. The summed E-state index contributed by atoms with van der Waals surface area (Å²) in [4.78, 5) is 22.0. The molecule has 5 heteroatoms. The Morgan fingerprint density at radius 1 is 1.17 bits per heavy atom. The number of hydrogen-bond acceptors (Lipinski definition) is 4. The normalized spacial score (nSPS) is 13.0. The van der Waals surface area contributed by atoms with E-state index in [0.717, 1.165) is 52.0 Å². The number of carbonyl (C=O) groups excluding carboxylic acids is 1. The minimum Gasteiger partial charge on any atom is -0.321 e. The topological polar surface area (TPSA) is 54.9 Å². The third-order valence-corrected chi connectivity index (χ3v) is 5.01. The number of benzene rings is 1. The van der Waals surface area contributed by atoms with Gasteiger partial charge in [-0.05, 0) is 49.3 Å². The van der Waals surface area contributed by atoms with E-state index in [4.69, 9.17) is 4.98 Å². The monoisotopic (exact) mass is 335 g/mol. The number of aryl methyl sites for hydroxylation is 1. The molecule has 4 rings (SSSR count). The van der Waals surface area contributed by atoms with Gasteiger partial charge in [-0.25, -0.2) is 4.98 Å². The fraction of sp³-hybridized carbons (Fsp3) is 0.211. The van der Waals surface area contributed by atoms with Gasteiger partial charge in [0.05, 0.1) is 28.0 Å². The maximum Gasteiger partial charge on any atom is 0.256 e. The molecule has 1 amide bonds. The van der Waals surface area contributed by atoms with Crippen LogP contribution in [0.2, 0.25) is 0 Å². The predicted octanol–water partition coefficient (Wildman–Crippen LogP) is 4.09. The van der Waals surface area contributed by atoms with Gasteiger partial charge in [-0.3, -0.25) is 9.78 Å². The maximum absolute atomic E-state index is 13.0. The van der Waals surface area contributed by atoms with Crippen LogP contribution in [0.4, 0.5) is 5.69 Å². The van der Waals surface area contributed by atoms with Crippen molar-refractivity contribution >= 4 is 34.3 Å². The largest absolute Gasteiger partial charge is 0.321 e. The van der Waals surface area contributed by atoms with Crippen molar-refractivity contribution in [3.05, 3.63) is 59.4 Å². The molecule has 1 aromatic carbocycles. The molecule has 0 unspecified atom stereocenters. The number of hydrogen-bond donors (Lipinski definition) is 1. The van der Waals surface area contributed by atoms with E-state index < -0.39 is 0 Å². The molecule has 3 aromatic rings. The number of nitrogens with one attached hydrogen (secondary N) is 1. The first-order valence-corrected chi connectivity index (χ1v) is 9.20. The van der Waals surface area contributed by atoms with Gasteiger partial charge >= 0.3 is 0 Å². The molecule has 0 atom stereocenters. The van der Waals surface area contributed by atoms with Crippen LogP contribution in [0.1, 0.15) is 28.0 Å². The summed E-state index contributed by atoms with van der Waals surface area (Å²) >= 11 is 1.58. The molecule has 0 aliphatic heterocycles. The Bertz CT molecular complexity index is 922. The van der Waals surface area contributed by atoms with Gasteiger partial charge in [-0.15, -0.1) is 11.8 Å². The van der Waals surface area contributed by atoms with Gasteiger partial charge in [0.2, 0.25) is 0 Å². The Morgan fingerprint density at radius 2 is 2.04 bits per heavy atom. The fourth-order valence-corrected chi connectivity index (χ4v) is 3.60. The van der Waals surface area contributed by atoms with E-state index in [0.29, 0.717) is 5.69 Å². The molecule has 0 bridgehead atoms. The highest BCUT2D eigenvalue weighted by molar-refractivity contribution is 7.98. The number of aromatic nitrogens is 2. The molecule has 2 aromatic heterocycles. The van der Waals surface area contributed by atoms with Crippen molar-refractivity contribution in [2.45, 2.75) is 24.3 Å². The van der Waals surface area contributed by atoms with Gasteiger partial charge in [-0.2, -0.15) is 0 Å². The van der Waals surface area contributed by atoms with E-state index in [2.05, 4.69) is 10.3 Å². The number of nitrogens with zero attached hydrogens (tertiary/aromatic N) is 2. The lowest BCUT2D eigenvalue weighted by Gasteiger charge is -2.12. The Morgan fingerprint density at radius 3 is 2.83 bits per heavy atom. The summed E-state index contributed by atoms with van der Waals surface area (Å²) in [7, 11) is 0. The average Bonchev–Trinajstić information content (AvgIpc) is 3.08. The van der Waals surface area contributed by atoms with Crippen molar-refractivity contribution in [2.24, 2.45) is 0 Å². The molecule has 2 heterocycles. The van der Waals surface area contributed by atoms with Crippen LogP contribution in [0.25, 0.3) is 10.9 Å². The second-order valence-corrected chi connectivity index (χ2v) is 6.65. The highest BCUT2D eigenvalue weighted by Crippen LogP contribution is 2.30. The van der Waals surface area contributed by atoms with Gasteiger partial charge in [0, 0.05) is 11.1 Å². The molecule has 0 saturated carbocycles. The van der Waals surface area contributed by atoms with Gasteiger partial charge in [0.15, 0.2) is 0 Å². The van der Waals surface area contributed by atoms with E-state index in [1.807, 2.05) is 42.7 Å². The molecule has 1 aliphatic rings. The minimum absolute atomic E-state index is 0.0783. The highest BCUT2D eigenvalue weighted by Gasteiger charge is 2.23. The first-order chi connectivity index (χ1) is 11.8. The standard InChI is InChI=1S/C19H17N3OS/c1-24-17-10-9-12(11-20-17)21-19(23)18-13-5-2-3-7-15(13)22-16-8-4-6-14(16)18/h2-3,5,7,9-11H,4,6,8H2,1H3,(H,21,23). The zero-order valence-electron chi connectivity index (χ0n) is 13.4. The van der Waals surface area contributed by atoms with Crippen molar-refractivity contribution in [2.75, 3.05) is 11.6 Å². The number of pyridine rings is 2. The zero-order valence-corrected chi connectivity index (χ0v) is 14.2. The molecule has 0 saturated heterocycles. The van der Waals surface area contributed by atoms with E-state index in [9.17, 15) is 4.79 Å². The van der Waals surface area contributed by atoms with E-state index in [-0.39, 0.29) is 5.91 Å². The number of anilines is 1. The van der Waals surface area contributed by atoms with Crippen LogP contribution >= 0.6 is 11.8 Å². The van der Waals surface area contributed by atoms with Crippen molar-refractivity contribution < 1.29 is 4.79 Å². The smallest absolute Gasteiger partial charge is 0.256 e. The number of carbonyl (C=O) groups is 1. The molecule has 0 radical (unpaired) electrons. The van der Waals surface area contributed by atoms with Crippen LogP contribution in [-0.2, 0) is 12.8 Å². The first kappa shape index (κ1) is 15.1. The minimum atomic E-state index is -0.0783. The van der Waals surface area contributed by atoms with Gasteiger partial charge in [0.1, 0.15) is 0 Å². The predicted molar refractivity (Wildman–Crippen MR) is 97.7 cm³/mol. The van der Waals surface area contributed by atoms with Crippen LogP contribution in [0.3, 0.4) is 0 Å². The molecule has 4 nitrogen and oxygen atoms in total. The van der Waals surface area contributed by atoms with Gasteiger partial charge in [0.25, 0.3) is 5.91 Å². The van der Waals surface area contributed by atoms with Crippen LogP contribution in [0.15, 0.2) is 47.6 Å². The first-order valence-electron chi connectivity index (χ1n) is 7.98. The summed E-state index contributed by atoms with van der Waals surface area (Å²) in [6, 6.07) is 11.7. The van der Waals surface area contributed by atoms with E-state index >= 15 is 0 Å². The summed E-state index contributed by atoms with van der Waals surface area (Å²) < 4.78 is 0. The van der Waals surface area contributed by atoms with Crippen molar-refractivity contribution in [3.8, 4) is 0 Å². The number of thioether (sulfide) groups is 1. The number of para-hydroxylation sites is 1. The van der Waals surface area contributed by atoms with Crippen LogP contribution in [0.5, 0.6) is 0 Å². The number of amides is 1. The van der Waals surface area contributed by atoms with E-state index in [1.165, 1.54) is 0 Å². The lowest BCUT2D eigenvalue weighted by atomic mass is 10.0. The molecular weight excluding hydrogens is 318 g/mol. The molecule has 1 aliphatic carbocycles. The lowest BCUT2D eigenvalue weighted by molar-refractivity contribution is 0.102. The summed E-state index contributed by atoms with van der Waals surface area (Å²) in [6.07, 6.45) is 6.60. The van der Waals surface area contributed by atoms with Crippen LogP contribution in [-0.4, -0.2) is 22.1 Å². The van der Waals surface area contributed by atoms with E-state index in [1.54, 1.807) is 18.0 Å². The summed E-state index contributed by atoms with van der Waals surface area (Å²) in [6.45, 7) is 0. The van der Waals surface area contributed by atoms with Crippen molar-refractivity contribution in [3.63, 3.8) is 0 Å².